The Bertz CT molecular complexity index is 742. The first kappa shape index (κ1) is 17.2. The zero-order chi connectivity index (χ0) is 17.8. The first-order chi connectivity index (χ1) is 12.1. The van der Waals surface area contributed by atoms with Gasteiger partial charge in [-0.1, -0.05) is 38.5 Å². The molecule has 1 aliphatic heterocycles. The van der Waals surface area contributed by atoms with E-state index in [1.807, 2.05) is 48.9 Å². The number of imidazole rings is 1. The van der Waals surface area contributed by atoms with E-state index in [2.05, 4.69) is 10.3 Å². The van der Waals surface area contributed by atoms with Gasteiger partial charge in [0.15, 0.2) is 0 Å². The van der Waals surface area contributed by atoms with E-state index in [-0.39, 0.29) is 17.7 Å². The number of hydrogen-bond donors (Lipinski definition) is 1. The summed E-state index contributed by atoms with van der Waals surface area (Å²) in [6.45, 7) is 5.74. The second-order valence-corrected chi connectivity index (χ2v) is 6.51. The Balaban J connectivity index is 1.70. The quantitative estimate of drug-likeness (QED) is 0.839. The summed E-state index contributed by atoms with van der Waals surface area (Å²) in [6.07, 6.45) is 6.13. The number of hydrogen-bond acceptors (Lipinski definition) is 3. The number of fused-ring (bicyclic) bond motifs is 1. The zero-order valence-corrected chi connectivity index (χ0v) is 14.7. The van der Waals surface area contributed by atoms with E-state index in [1.165, 1.54) is 0 Å². The highest BCUT2D eigenvalue weighted by Gasteiger charge is 2.38. The van der Waals surface area contributed by atoms with Crippen LogP contribution >= 0.6 is 0 Å². The number of aromatic nitrogens is 2. The standard InChI is InChI=1S/C19H24N4O2/c1-3-14(2)17(18(24)21-9-11-22-10-8-20-13-22)23-12-15-6-4-5-7-16(15)19(23)25/h4-8,10,13-14,17H,3,9,11-12H2,1-2H3,(H,21,24)/t14-,17+/m0/s1. The second kappa shape index (κ2) is 7.51. The zero-order valence-electron chi connectivity index (χ0n) is 14.7. The Kier molecular flexibility index (Phi) is 5.16. The molecule has 0 spiro atoms. The Morgan fingerprint density at radius 2 is 2.16 bits per heavy atom. The molecule has 0 bridgehead atoms. The summed E-state index contributed by atoms with van der Waals surface area (Å²) in [6, 6.07) is 7.13. The molecule has 0 fully saturated rings. The van der Waals surface area contributed by atoms with Crippen LogP contribution in [0.1, 0.15) is 36.2 Å². The highest BCUT2D eigenvalue weighted by molar-refractivity contribution is 6.01. The van der Waals surface area contributed by atoms with Gasteiger partial charge in [0.05, 0.1) is 6.33 Å². The third-order valence-corrected chi connectivity index (χ3v) is 4.87. The number of carbonyl (C=O) groups excluding carboxylic acids is 2. The summed E-state index contributed by atoms with van der Waals surface area (Å²) in [5.41, 5.74) is 1.70. The molecule has 6 heteroatoms. The Morgan fingerprint density at radius 1 is 1.36 bits per heavy atom. The summed E-state index contributed by atoms with van der Waals surface area (Å²) < 4.78 is 1.91. The van der Waals surface area contributed by atoms with Crippen molar-refractivity contribution in [2.24, 2.45) is 5.92 Å². The van der Waals surface area contributed by atoms with E-state index in [0.717, 1.165) is 12.0 Å². The molecule has 25 heavy (non-hydrogen) atoms. The van der Waals surface area contributed by atoms with Gasteiger partial charge in [-0.3, -0.25) is 9.59 Å². The van der Waals surface area contributed by atoms with Crippen LogP contribution in [-0.4, -0.2) is 38.9 Å². The van der Waals surface area contributed by atoms with Crippen molar-refractivity contribution in [1.82, 2.24) is 19.8 Å². The summed E-state index contributed by atoms with van der Waals surface area (Å²) >= 11 is 0. The van der Waals surface area contributed by atoms with Crippen LogP contribution in [0.3, 0.4) is 0 Å². The minimum Gasteiger partial charge on any atom is -0.353 e. The fourth-order valence-electron chi connectivity index (χ4n) is 3.26. The molecule has 0 aliphatic carbocycles. The highest BCUT2D eigenvalue weighted by atomic mass is 16.2. The molecule has 132 valence electrons. The molecule has 3 rings (SSSR count). The lowest BCUT2D eigenvalue weighted by Crippen LogP contribution is -2.51. The van der Waals surface area contributed by atoms with Gasteiger partial charge in [0, 0.05) is 37.6 Å². The number of amides is 2. The van der Waals surface area contributed by atoms with Crippen molar-refractivity contribution >= 4 is 11.8 Å². The van der Waals surface area contributed by atoms with Gasteiger partial charge in [0.1, 0.15) is 6.04 Å². The Labute approximate surface area is 147 Å². The fourth-order valence-corrected chi connectivity index (χ4v) is 3.26. The summed E-state index contributed by atoms with van der Waals surface area (Å²) in [7, 11) is 0. The normalized spacial score (nSPS) is 15.8. The molecule has 2 amide bonds. The van der Waals surface area contributed by atoms with Gasteiger partial charge in [0.25, 0.3) is 5.91 Å². The molecule has 0 radical (unpaired) electrons. The van der Waals surface area contributed by atoms with Crippen molar-refractivity contribution in [2.45, 2.75) is 39.4 Å². The number of nitrogens with zero attached hydrogens (tertiary/aromatic N) is 3. The fraction of sp³-hybridized carbons (Fsp3) is 0.421. The van der Waals surface area contributed by atoms with Crippen molar-refractivity contribution in [1.29, 1.82) is 0 Å². The number of rotatable bonds is 7. The molecular formula is C19H24N4O2. The molecule has 0 saturated heterocycles. The molecule has 2 aromatic rings. The molecule has 2 atom stereocenters. The van der Waals surface area contributed by atoms with Gasteiger partial charge in [0.2, 0.25) is 5.91 Å². The van der Waals surface area contributed by atoms with Crippen molar-refractivity contribution < 1.29 is 9.59 Å². The van der Waals surface area contributed by atoms with Gasteiger partial charge in [-0.15, -0.1) is 0 Å². The van der Waals surface area contributed by atoms with Gasteiger partial charge in [-0.05, 0) is 17.5 Å². The van der Waals surface area contributed by atoms with Gasteiger partial charge in [-0.25, -0.2) is 4.98 Å². The average molecular weight is 340 g/mol. The summed E-state index contributed by atoms with van der Waals surface area (Å²) in [4.78, 5) is 31.3. The van der Waals surface area contributed by atoms with Crippen molar-refractivity contribution in [3.63, 3.8) is 0 Å². The van der Waals surface area contributed by atoms with Crippen molar-refractivity contribution in [3.8, 4) is 0 Å². The third kappa shape index (κ3) is 3.57. The molecule has 1 aliphatic rings. The van der Waals surface area contributed by atoms with Crippen LogP contribution in [0.4, 0.5) is 0 Å². The van der Waals surface area contributed by atoms with Gasteiger partial charge >= 0.3 is 0 Å². The van der Waals surface area contributed by atoms with E-state index in [1.54, 1.807) is 17.4 Å². The number of nitrogens with one attached hydrogen (secondary N) is 1. The minimum atomic E-state index is -0.451. The first-order valence-electron chi connectivity index (χ1n) is 8.74. The van der Waals surface area contributed by atoms with Crippen LogP contribution in [0.5, 0.6) is 0 Å². The predicted molar refractivity (Wildman–Crippen MR) is 94.8 cm³/mol. The second-order valence-electron chi connectivity index (χ2n) is 6.51. The topological polar surface area (TPSA) is 67.2 Å². The van der Waals surface area contributed by atoms with E-state index in [4.69, 9.17) is 0 Å². The number of benzene rings is 1. The molecule has 0 saturated carbocycles. The smallest absolute Gasteiger partial charge is 0.255 e. The predicted octanol–water partition coefficient (Wildman–Crippen LogP) is 2.07. The minimum absolute atomic E-state index is 0.0503. The molecule has 1 N–H and O–H groups in total. The van der Waals surface area contributed by atoms with Crippen LogP contribution in [0, 0.1) is 5.92 Å². The molecule has 2 heterocycles. The summed E-state index contributed by atoms with van der Waals surface area (Å²) in [5.74, 6) is -0.0483. The van der Waals surface area contributed by atoms with Crippen LogP contribution in [-0.2, 0) is 17.9 Å². The SMILES string of the molecule is CC[C@H](C)[C@H](C(=O)NCCn1ccnc1)N1Cc2ccccc2C1=O. The van der Waals surface area contributed by atoms with E-state index in [9.17, 15) is 9.59 Å². The molecule has 6 nitrogen and oxygen atoms in total. The van der Waals surface area contributed by atoms with Crippen LogP contribution in [0.2, 0.25) is 0 Å². The lowest BCUT2D eigenvalue weighted by Gasteiger charge is -2.31. The molecular weight excluding hydrogens is 316 g/mol. The lowest BCUT2D eigenvalue weighted by atomic mass is 9.96. The maximum Gasteiger partial charge on any atom is 0.255 e. The molecule has 0 unspecified atom stereocenters. The number of carbonyl (C=O) groups is 2. The van der Waals surface area contributed by atoms with Gasteiger partial charge in [-0.2, -0.15) is 0 Å². The largest absolute Gasteiger partial charge is 0.353 e. The van der Waals surface area contributed by atoms with Crippen LogP contribution < -0.4 is 5.32 Å². The first-order valence-corrected chi connectivity index (χ1v) is 8.74. The average Bonchev–Trinajstić information content (AvgIpc) is 3.24. The van der Waals surface area contributed by atoms with Gasteiger partial charge < -0.3 is 14.8 Å². The Morgan fingerprint density at radius 3 is 2.84 bits per heavy atom. The maximum atomic E-state index is 12.8. The summed E-state index contributed by atoms with van der Waals surface area (Å²) in [5, 5.41) is 2.98. The monoisotopic (exact) mass is 340 g/mol. The van der Waals surface area contributed by atoms with Crippen LogP contribution in [0.15, 0.2) is 43.0 Å². The van der Waals surface area contributed by atoms with Crippen LogP contribution in [0.25, 0.3) is 0 Å². The Hall–Kier alpha value is -2.63. The van der Waals surface area contributed by atoms with Crippen molar-refractivity contribution in [3.05, 3.63) is 54.1 Å². The van der Waals surface area contributed by atoms with Crippen molar-refractivity contribution in [2.75, 3.05) is 6.54 Å². The van der Waals surface area contributed by atoms with E-state index in [0.29, 0.717) is 25.2 Å². The molecule has 1 aromatic heterocycles. The third-order valence-electron chi connectivity index (χ3n) is 4.87. The lowest BCUT2D eigenvalue weighted by molar-refractivity contribution is -0.127. The van der Waals surface area contributed by atoms with E-state index >= 15 is 0 Å². The van der Waals surface area contributed by atoms with E-state index < -0.39 is 6.04 Å². The molecule has 1 aromatic carbocycles. The maximum absolute atomic E-state index is 12.8. The highest BCUT2D eigenvalue weighted by Crippen LogP contribution is 2.28.